The summed E-state index contributed by atoms with van der Waals surface area (Å²) in [5.41, 5.74) is 1.35. The number of carbonyl (C=O) groups is 1. The Morgan fingerprint density at radius 1 is 1.10 bits per heavy atom. The van der Waals surface area contributed by atoms with Gasteiger partial charge in [-0.2, -0.15) is 0 Å². The van der Waals surface area contributed by atoms with Crippen molar-refractivity contribution in [3.05, 3.63) is 35.9 Å². The Morgan fingerprint density at radius 2 is 1.76 bits per heavy atom. The van der Waals surface area contributed by atoms with Crippen molar-refractivity contribution >= 4 is 5.91 Å². The molecule has 21 heavy (non-hydrogen) atoms. The van der Waals surface area contributed by atoms with Gasteiger partial charge in [-0.1, -0.05) is 30.3 Å². The molecule has 0 radical (unpaired) electrons. The van der Waals surface area contributed by atoms with E-state index < -0.39 is 0 Å². The average molecular weight is 287 g/mol. The maximum Gasteiger partial charge on any atom is 0.222 e. The third-order valence-electron chi connectivity index (χ3n) is 5.09. The van der Waals surface area contributed by atoms with Gasteiger partial charge in [0.1, 0.15) is 0 Å². The Labute approximate surface area is 127 Å². The molecule has 2 aliphatic rings. The first-order chi connectivity index (χ1) is 10.2. The van der Waals surface area contributed by atoms with Gasteiger partial charge in [-0.3, -0.25) is 4.79 Å². The molecule has 1 N–H and O–H groups in total. The molecule has 1 aromatic rings. The van der Waals surface area contributed by atoms with E-state index in [1.165, 1.54) is 5.56 Å². The lowest BCUT2D eigenvalue weighted by Gasteiger charge is -2.35. The Hall–Kier alpha value is -1.35. The molecule has 114 valence electrons. The Kier molecular flexibility index (Phi) is 4.59. The second-order valence-corrected chi connectivity index (χ2v) is 6.58. The van der Waals surface area contributed by atoms with Gasteiger partial charge in [0.15, 0.2) is 0 Å². The molecule has 3 rings (SSSR count). The maximum atomic E-state index is 12.3. The SMILES string of the molecule is O=C(CCCCc1ccccc1)N1C[C@H]2CC[C@@H](C1)C2O. The number of aliphatic hydroxyl groups is 1. The number of carbonyl (C=O) groups excluding carboxylic acids is 1. The number of rotatable bonds is 5. The van der Waals surface area contributed by atoms with Gasteiger partial charge in [-0.25, -0.2) is 0 Å². The molecule has 1 aromatic carbocycles. The molecule has 2 bridgehead atoms. The van der Waals surface area contributed by atoms with E-state index in [-0.39, 0.29) is 12.0 Å². The minimum Gasteiger partial charge on any atom is -0.392 e. The van der Waals surface area contributed by atoms with Crippen molar-refractivity contribution in [3.8, 4) is 0 Å². The number of nitrogens with zero attached hydrogens (tertiary/aromatic N) is 1. The predicted octanol–water partition coefficient (Wildman–Crippen LogP) is 2.63. The fourth-order valence-corrected chi connectivity index (χ4v) is 3.81. The van der Waals surface area contributed by atoms with Crippen molar-refractivity contribution in [1.82, 2.24) is 4.90 Å². The van der Waals surface area contributed by atoms with Crippen molar-refractivity contribution in [1.29, 1.82) is 0 Å². The van der Waals surface area contributed by atoms with Crippen LogP contribution in [-0.2, 0) is 11.2 Å². The number of fused-ring (bicyclic) bond motifs is 2. The van der Waals surface area contributed by atoms with Gasteiger partial charge in [-0.15, -0.1) is 0 Å². The van der Waals surface area contributed by atoms with Crippen molar-refractivity contribution in [3.63, 3.8) is 0 Å². The lowest BCUT2D eigenvalue weighted by molar-refractivity contribution is -0.135. The quantitative estimate of drug-likeness (QED) is 0.846. The van der Waals surface area contributed by atoms with Crippen LogP contribution in [-0.4, -0.2) is 35.1 Å². The second-order valence-electron chi connectivity index (χ2n) is 6.58. The van der Waals surface area contributed by atoms with Crippen LogP contribution in [0.4, 0.5) is 0 Å². The molecule has 1 heterocycles. The molecule has 0 spiro atoms. The summed E-state index contributed by atoms with van der Waals surface area (Å²) in [6, 6.07) is 10.5. The summed E-state index contributed by atoms with van der Waals surface area (Å²) in [6.07, 6.45) is 5.75. The summed E-state index contributed by atoms with van der Waals surface area (Å²) >= 11 is 0. The van der Waals surface area contributed by atoms with Gasteiger partial charge in [0.2, 0.25) is 5.91 Å². The first-order valence-electron chi connectivity index (χ1n) is 8.24. The molecule has 1 unspecified atom stereocenters. The fourth-order valence-electron chi connectivity index (χ4n) is 3.81. The largest absolute Gasteiger partial charge is 0.392 e. The predicted molar refractivity (Wildman–Crippen MR) is 82.8 cm³/mol. The molecule has 3 heteroatoms. The molecule has 1 amide bonds. The van der Waals surface area contributed by atoms with Crippen LogP contribution < -0.4 is 0 Å². The van der Waals surface area contributed by atoms with Crippen LogP contribution in [0.2, 0.25) is 0 Å². The number of amides is 1. The Bertz CT molecular complexity index is 459. The normalized spacial score (nSPS) is 27.9. The van der Waals surface area contributed by atoms with Gasteiger partial charge in [-0.05, 0) is 37.7 Å². The Balaban J connectivity index is 1.39. The number of aliphatic hydroxyl groups excluding tert-OH is 1. The number of piperidine rings is 1. The van der Waals surface area contributed by atoms with Gasteiger partial charge in [0, 0.05) is 31.3 Å². The summed E-state index contributed by atoms with van der Waals surface area (Å²) in [4.78, 5) is 14.3. The van der Waals surface area contributed by atoms with Crippen LogP contribution in [0, 0.1) is 11.8 Å². The molecule has 3 nitrogen and oxygen atoms in total. The van der Waals surface area contributed by atoms with E-state index in [2.05, 4.69) is 24.3 Å². The van der Waals surface area contributed by atoms with Crippen LogP contribution in [0.1, 0.15) is 37.7 Å². The number of aryl methyl sites for hydroxylation is 1. The molecule has 0 aromatic heterocycles. The van der Waals surface area contributed by atoms with Crippen molar-refractivity contribution in [2.75, 3.05) is 13.1 Å². The first kappa shape index (κ1) is 14.6. The number of unbranched alkanes of at least 4 members (excludes halogenated alkanes) is 1. The molecule has 3 atom stereocenters. The molecule has 1 aliphatic carbocycles. The highest BCUT2D eigenvalue weighted by molar-refractivity contribution is 5.76. The lowest BCUT2D eigenvalue weighted by Crippen LogP contribution is -2.47. The summed E-state index contributed by atoms with van der Waals surface area (Å²) < 4.78 is 0. The topological polar surface area (TPSA) is 40.5 Å². The van der Waals surface area contributed by atoms with E-state index in [9.17, 15) is 9.90 Å². The van der Waals surface area contributed by atoms with Crippen molar-refractivity contribution < 1.29 is 9.90 Å². The zero-order valence-corrected chi connectivity index (χ0v) is 12.6. The number of hydrogen-bond acceptors (Lipinski definition) is 2. The van der Waals surface area contributed by atoms with E-state index in [1.54, 1.807) is 0 Å². The third-order valence-corrected chi connectivity index (χ3v) is 5.09. The molecule has 1 saturated heterocycles. The summed E-state index contributed by atoms with van der Waals surface area (Å²) in [7, 11) is 0. The fraction of sp³-hybridized carbons (Fsp3) is 0.611. The zero-order chi connectivity index (χ0) is 14.7. The second kappa shape index (κ2) is 6.61. The van der Waals surface area contributed by atoms with Crippen LogP contribution >= 0.6 is 0 Å². The zero-order valence-electron chi connectivity index (χ0n) is 12.6. The molecule has 2 fully saturated rings. The minimum atomic E-state index is -0.160. The van der Waals surface area contributed by atoms with Crippen LogP contribution in [0.25, 0.3) is 0 Å². The van der Waals surface area contributed by atoms with Crippen molar-refractivity contribution in [2.24, 2.45) is 11.8 Å². The number of hydrogen-bond donors (Lipinski definition) is 1. The molecular formula is C18H25NO2. The maximum absolute atomic E-state index is 12.3. The highest BCUT2D eigenvalue weighted by Crippen LogP contribution is 2.36. The number of likely N-dealkylation sites (tertiary alicyclic amines) is 1. The summed E-state index contributed by atoms with van der Waals surface area (Å²) in [5.74, 6) is 0.945. The van der Waals surface area contributed by atoms with Crippen LogP contribution in [0.5, 0.6) is 0 Å². The molecule has 1 saturated carbocycles. The van der Waals surface area contributed by atoms with E-state index in [4.69, 9.17) is 0 Å². The minimum absolute atomic E-state index is 0.160. The lowest BCUT2D eigenvalue weighted by atomic mass is 9.94. The standard InChI is InChI=1S/C18H25NO2/c20-17(9-5-4-8-14-6-2-1-3-7-14)19-12-15-10-11-16(13-19)18(15)21/h1-3,6-7,15-16,18,21H,4-5,8-13H2/t15-,16+,18?. The van der Waals surface area contributed by atoms with Crippen LogP contribution in [0.15, 0.2) is 30.3 Å². The van der Waals surface area contributed by atoms with Gasteiger partial charge >= 0.3 is 0 Å². The van der Waals surface area contributed by atoms with E-state index in [0.29, 0.717) is 18.3 Å². The van der Waals surface area contributed by atoms with E-state index in [1.807, 2.05) is 11.0 Å². The van der Waals surface area contributed by atoms with E-state index >= 15 is 0 Å². The summed E-state index contributed by atoms with van der Waals surface area (Å²) in [6.45, 7) is 1.55. The average Bonchev–Trinajstić information content (AvgIpc) is 2.74. The molecular weight excluding hydrogens is 262 g/mol. The third kappa shape index (κ3) is 3.46. The van der Waals surface area contributed by atoms with E-state index in [0.717, 1.165) is 45.2 Å². The van der Waals surface area contributed by atoms with Gasteiger partial charge < -0.3 is 10.0 Å². The Morgan fingerprint density at radius 3 is 2.43 bits per heavy atom. The van der Waals surface area contributed by atoms with Crippen LogP contribution in [0.3, 0.4) is 0 Å². The number of benzene rings is 1. The smallest absolute Gasteiger partial charge is 0.222 e. The molecule has 1 aliphatic heterocycles. The highest BCUT2D eigenvalue weighted by Gasteiger charge is 2.41. The highest BCUT2D eigenvalue weighted by atomic mass is 16.3. The summed E-state index contributed by atoms with van der Waals surface area (Å²) in [5, 5.41) is 10.0. The van der Waals surface area contributed by atoms with Crippen molar-refractivity contribution in [2.45, 2.75) is 44.6 Å². The van der Waals surface area contributed by atoms with Gasteiger partial charge in [0.25, 0.3) is 0 Å². The van der Waals surface area contributed by atoms with Gasteiger partial charge in [0.05, 0.1) is 6.10 Å². The first-order valence-corrected chi connectivity index (χ1v) is 8.24. The monoisotopic (exact) mass is 287 g/mol.